The topological polar surface area (TPSA) is 54.2 Å². The Morgan fingerprint density at radius 3 is 2.76 bits per heavy atom. The number of nitrogens with zero attached hydrogens (tertiary/aromatic N) is 3. The average molecular weight is 305 g/mol. The van der Waals surface area contributed by atoms with Crippen molar-refractivity contribution in [1.29, 1.82) is 0 Å². The van der Waals surface area contributed by atoms with Crippen LogP contribution in [-0.2, 0) is 6.54 Å². The first-order valence-corrected chi connectivity index (χ1v) is 7.68. The Kier molecular flexibility index (Phi) is 3.41. The molecular weight excluding hydrogens is 288 g/mol. The second kappa shape index (κ2) is 5.40. The van der Waals surface area contributed by atoms with E-state index in [1.165, 1.54) is 0 Å². The molecule has 0 spiro atoms. The van der Waals surface area contributed by atoms with Crippen molar-refractivity contribution in [2.75, 3.05) is 26.2 Å². The van der Waals surface area contributed by atoms with E-state index >= 15 is 0 Å². The maximum atomic E-state index is 6.16. The van der Waals surface area contributed by atoms with Crippen molar-refractivity contribution >= 4 is 11.6 Å². The van der Waals surface area contributed by atoms with Gasteiger partial charge in [0.15, 0.2) is 5.82 Å². The standard InChI is InChI=1S/C15H17ClN4O/c16-13-4-2-1-3-12(13)15-18-14(19-21-15)9-20-7-10-5-17-6-11(10)8-20/h1-4,10-11,17H,5-9H2/t10-,11+. The summed E-state index contributed by atoms with van der Waals surface area (Å²) in [7, 11) is 0. The van der Waals surface area contributed by atoms with Gasteiger partial charge in [-0.25, -0.2) is 0 Å². The Bertz CT molecular complexity index is 632. The summed E-state index contributed by atoms with van der Waals surface area (Å²) in [4.78, 5) is 6.89. The van der Waals surface area contributed by atoms with Crippen molar-refractivity contribution in [2.45, 2.75) is 6.54 Å². The normalized spacial score (nSPS) is 25.4. The molecule has 2 saturated heterocycles. The smallest absolute Gasteiger partial charge is 0.259 e. The molecule has 110 valence electrons. The lowest BCUT2D eigenvalue weighted by atomic mass is 10.0. The fourth-order valence-electron chi connectivity index (χ4n) is 3.34. The zero-order valence-corrected chi connectivity index (χ0v) is 12.4. The summed E-state index contributed by atoms with van der Waals surface area (Å²) in [5.74, 6) is 2.79. The molecule has 1 aromatic heterocycles. The molecule has 0 aliphatic carbocycles. The third kappa shape index (κ3) is 2.57. The van der Waals surface area contributed by atoms with Gasteiger partial charge in [-0.3, -0.25) is 4.90 Å². The third-order valence-corrected chi connectivity index (χ3v) is 4.73. The predicted molar refractivity (Wildman–Crippen MR) is 79.9 cm³/mol. The summed E-state index contributed by atoms with van der Waals surface area (Å²) in [5.41, 5.74) is 0.792. The van der Waals surface area contributed by atoms with E-state index in [1.54, 1.807) is 0 Å². The number of nitrogens with one attached hydrogen (secondary N) is 1. The monoisotopic (exact) mass is 304 g/mol. The van der Waals surface area contributed by atoms with E-state index < -0.39 is 0 Å². The van der Waals surface area contributed by atoms with Crippen LogP contribution >= 0.6 is 11.6 Å². The lowest BCUT2D eigenvalue weighted by Gasteiger charge is -2.13. The molecule has 2 atom stereocenters. The van der Waals surface area contributed by atoms with Crippen LogP contribution in [0, 0.1) is 11.8 Å². The number of halogens is 1. The highest BCUT2D eigenvalue weighted by Gasteiger charge is 2.36. The number of fused-ring (bicyclic) bond motifs is 1. The van der Waals surface area contributed by atoms with Crippen molar-refractivity contribution in [3.8, 4) is 11.5 Å². The first kappa shape index (κ1) is 13.2. The second-order valence-electron chi connectivity index (χ2n) is 5.87. The van der Waals surface area contributed by atoms with E-state index in [0.29, 0.717) is 10.9 Å². The Morgan fingerprint density at radius 2 is 2.00 bits per heavy atom. The van der Waals surface area contributed by atoms with E-state index in [0.717, 1.165) is 55.9 Å². The van der Waals surface area contributed by atoms with Crippen LogP contribution in [0.1, 0.15) is 5.82 Å². The summed E-state index contributed by atoms with van der Waals surface area (Å²) < 4.78 is 5.35. The molecule has 0 unspecified atom stereocenters. The summed E-state index contributed by atoms with van der Waals surface area (Å²) in [5, 5.41) is 8.17. The second-order valence-corrected chi connectivity index (χ2v) is 6.28. The number of hydrogen-bond donors (Lipinski definition) is 1. The minimum atomic E-state index is 0.497. The highest BCUT2D eigenvalue weighted by molar-refractivity contribution is 6.33. The van der Waals surface area contributed by atoms with Crippen LogP contribution in [0.2, 0.25) is 5.02 Å². The SMILES string of the molecule is Clc1ccccc1-c1nc(CN2C[C@H]3CNC[C@H]3C2)no1. The predicted octanol–water partition coefficient (Wildman–Crippen LogP) is 2.04. The van der Waals surface area contributed by atoms with Gasteiger partial charge >= 0.3 is 0 Å². The highest BCUT2D eigenvalue weighted by atomic mass is 35.5. The van der Waals surface area contributed by atoms with Crippen LogP contribution in [0.15, 0.2) is 28.8 Å². The third-order valence-electron chi connectivity index (χ3n) is 4.40. The van der Waals surface area contributed by atoms with Crippen molar-refractivity contribution in [1.82, 2.24) is 20.4 Å². The molecule has 2 aromatic rings. The molecule has 1 aromatic carbocycles. The Labute approximate surface area is 128 Å². The number of benzene rings is 1. The number of aromatic nitrogens is 2. The first-order valence-electron chi connectivity index (χ1n) is 7.30. The van der Waals surface area contributed by atoms with Gasteiger partial charge in [0.2, 0.25) is 0 Å². The highest BCUT2D eigenvalue weighted by Crippen LogP contribution is 2.28. The van der Waals surface area contributed by atoms with Crippen molar-refractivity contribution in [2.24, 2.45) is 11.8 Å². The van der Waals surface area contributed by atoms with Gasteiger partial charge in [0.1, 0.15) is 0 Å². The van der Waals surface area contributed by atoms with Gasteiger partial charge < -0.3 is 9.84 Å². The van der Waals surface area contributed by atoms with Crippen LogP contribution in [0.3, 0.4) is 0 Å². The van der Waals surface area contributed by atoms with Crippen LogP contribution < -0.4 is 5.32 Å². The molecule has 6 heteroatoms. The number of rotatable bonds is 3. The van der Waals surface area contributed by atoms with Gasteiger partial charge in [0.05, 0.1) is 17.1 Å². The van der Waals surface area contributed by atoms with Gasteiger partial charge in [-0.2, -0.15) is 4.98 Å². The van der Waals surface area contributed by atoms with E-state index in [-0.39, 0.29) is 0 Å². The van der Waals surface area contributed by atoms with Gasteiger partial charge in [-0.1, -0.05) is 28.9 Å². The molecule has 2 aliphatic heterocycles. The lowest BCUT2D eigenvalue weighted by molar-refractivity contribution is 0.291. The molecule has 21 heavy (non-hydrogen) atoms. The van der Waals surface area contributed by atoms with Gasteiger partial charge in [-0.15, -0.1) is 0 Å². The zero-order chi connectivity index (χ0) is 14.2. The maximum Gasteiger partial charge on any atom is 0.259 e. The molecule has 0 amide bonds. The first-order chi connectivity index (χ1) is 10.3. The molecule has 0 radical (unpaired) electrons. The zero-order valence-electron chi connectivity index (χ0n) is 11.6. The van der Waals surface area contributed by atoms with Crippen LogP contribution in [0.4, 0.5) is 0 Å². The van der Waals surface area contributed by atoms with Crippen molar-refractivity contribution in [3.63, 3.8) is 0 Å². The van der Waals surface area contributed by atoms with E-state index in [2.05, 4.69) is 20.4 Å². The van der Waals surface area contributed by atoms with E-state index in [1.807, 2.05) is 24.3 Å². The van der Waals surface area contributed by atoms with Crippen LogP contribution in [0.5, 0.6) is 0 Å². The minimum absolute atomic E-state index is 0.497. The Hall–Kier alpha value is -1.43. The Morgan fingerprint density at radius 1 is 1.24 bits per heavy atom. The molecule has 3 heterocycles. The van der Waals surface area contributed by atoms with E-state index in [9.17, 15) is 0 Å². The fraction of sp³-hybridized carbons (Fsp3) is 0.467. The molecule has 0 saturated carbocycles. The fourth-order valence-corrected chi connectivity index (χ4v) is 3.56. The lowest BCUT2D eigenvalue weighted by Crippen LogP contribution is -2.25. The van der Waals surface area contributed by atoms with Gasteiger partial charge in [0, 0.05) is 13.1 Å². The summed E-state index contributed by atoms with van der Waals surface area (Å²) >= 11 is 6.16. The van der Waals surface area contributed by atoms with Gasteiger partial charge in [0.25, 0.3) is 5.89 Å². The van der Waals surface area contributed by atoms with Crippen molar-refractivity contribution < 1.29 is 4.52 Å². The van der Waals surface area contributed by atoms with Gasteiger partial charge in [-0.05, 0) is 37.1 Å². The molecule has 2 fully saturated rings. The van der Waals surface area contributed by atoms with Crippen LogP contribution in [-0.4, -0.2) is 41.2 Å². The summed E-state index contributed by atoms with van der Waals surface area (Å²) in [6, 6.07) is 7.53. The largest absolute Gasteiger partial charge is 0.334 e. The molecule has 0 bridgehead atoms. The quantitative estimate of drug-likeness (QED) is 0.940. The molecule has 2 aliphatic rings. The minimum Gasteiger partial charge on any atom is -0.334 e. The molecular formula is C15H17ClN4O. The molecule has 1 N–H and O–H groups in total. The maximum absolute atomic E-state index is 6.16. The summed E-state index contributed by atoms with van der Waals surface area (Å²) in [6.45, 7) is 5.26. The Balaban J connectivity index is 1.47. The summed E-state index contributed by atoms with van der Waals surface area (Å²) in [6.07, 6.45) is 0. The number of likely N-dealkylation sites (tertiary alicyclic amines) is 1. The average Bonchev–Trinajstić information content (AvgIpc) is 3.15. The van der Waals surface area contributed by atoms with E-state index in [4.69, 9.17) is 16.1 Å². The molecule has 4 rings (SSSR count). The number of hydrogen-bond acceptors (Lipinski definition) is 5. The van der Waals surface area contributed by atoms with Crippen LogP contribution in [0.25, 0.3) is 11.5 Å². The molecule has 5 nitrogen and oxygen atoms in total. The van der Waals surface area contributed by atoms with Crippen molar-refractivity contribution in [3.05, 3.63) is 35.1 Å².